The van der Waals surface area contributed by atoms with Gasteiger partial charge in [-0.2, -0.15) is 0 Å². The molecule has 0 spiro atoms. The molecule has 0 bridgehead atoms. The van der Waals surface area contributed by atoms with E-state index in [9.17, 15) is 14.9 Å². The van der Waals surface area contributed by atoms with Crippen molar-refractivity contribution < 1.29 is 14.1 Å². The van der Waals surface area contributed by atoms with Gasteiger partial charge in [-0.1, -0.05) is 0 Å². The van der Waals surface area contributed by atoms with Crippen LogP contribution in [0.1, 0.15) is 10.6 Å². The first kappa shape index (κ1) is 14.2. The SMILES string of the molecule is Cc1cnc(NC(=O)CNCc2cc([N+](=O)[O-])co2)s1. The predicted molar refractivity (Wildman–Crippen MR) is 72.5 cm³/mol. The fourth-order valence-electron chi connectivity index (χ4n) is 1.43. The monoisotopic (exact) mass is 296 g/mol. The third kappa shape index (κ3) is 3.87. The highest BCUT2D eigenvalue weighted by atomic mass is 32.1. The number of anilines is 1. The molecule has 0 aliphatic carbocycles. The molecule has 106 valence electrons. The van der Waals surface area contributed by atoms with Gasteiger partial charge >= 0.3 is 5.69 Å². The Kier molecular flexibility index (Phi) is 4.43. The molecule has 0 saturated heterocycles. The summed E-state index contributed by atoms with van der Waals surface area (Å²) in [6.07, 6.45) is 2.74. The summed E-state index contributed by atoms with van der Waals surface area (Å²) in [7, 11) is 0. The average molecular weight is 296 g/mol. The second-order valence-corrected chi connectivity index (χ2v) is 5.19. The zero-order chi connectivity index (χ0) is 14.5. The Bertz CT molecular complexity index is 621. The Morgan fingerprint density at radius 3 is 3.00 bits per heavy atom. The summed E-state index contributed by atoms with van der Waals surface area (Å²) in [6.45, 7) is 2.20. The highest BCUT2D eigenvalue weighted by molar-refractivity contribution is 7.15. The zero-order valence-electron chi connectivity index (χ0n) is 10.6. The molecule has 0 radical (unpaired) electrons. The summed E-state index contributed by atoms with van der Waals surface area (Å²) in [5, 5.41) is 16.5. The van der Waals surface area contributed by atoms with E-state index in [1.807, 2.05) is 6.92 Å². The van der Waals surface area contributed by atoms with E-state index < -0.39 is 4.92 Å². The fraction of sp³-hybridized carbons (Fsp3) is 0.273. The average Bonchev–Trinajstić information content (AvgIpc) is 2.99. The van der Waals surface area contributed by atoms with E-state index in [1.54, 1.807) is 6.20 Å². The molecule has 0 fully saturated rings. The van der Waals surface area contributed by atoms with Crippen molar-refractivity contribution in [1.29, 1.82) is 0 Å². The van der Waals surface area contributed by atoms with Crippen molar-refractivity contribution in [3.05, 3.63) is 39.3 Å². The van der Waals surface area contributed by atoms with E-state index in [0.29, 0.717) is 10.9 Å². The van der Waals surface area contributed by atoms with Gasteiger partial charge in [-0.05, 0) is 6.92 Å². The van der Waals surface area contributed by atoms with Gasteiger partial charge in [0.2, 0.25) is 5.91 Å². The molecule has 2 N–H and O–H groups in total. The summed E-state index contributed by atoms with van der Waals surface area (Å²) in [5.41, 5.74) is -0.107. The molecule has 8 nitrogen and oxygen atoms in total. The highest BCUT2D eigenvalue weighted by Gasteiger charge is 2.11. The summed E-state index contributed by atoms with van der Waals surface area (Å²) in [6, 6.07) is 1.31. The van der Waals surface area contributed by atoms with Crippen LogP contribution in [0.3, 0.4) is 0 Å². The van der Waals surface area contributed by atoms with Crippen LogP contribution in [0.2, 0.25) is 0 Å². The van der Waals surface area contributed by atoms with Crippen molar-refractivity contribution in [1.82, 2.24) is 10.3 Å². The molecule has 0 atom stereocenters. The van der Waals surface area contributed by atoms with Gasteiger partial charge in [0, 0.05) is 11.1 Å². The van der Waals surface area contributed by atoms with Gasteiger partial charge in [-0.25, -0.2) is 4.98 Å². The number of hydrogen-bond acceptors (Lipinski definition) is 7. The van der Waals surface area contributed by atoms with Crippen LogP contribution in [0.4, 0.5) is 10.8 Å². The van der Waals surface area contributed by atoms with E-state index >= 15 is 0 Å². The molecule has 0 aliphatic heterocycles. The molecule has 0 saturated carbocycles. The van der Waals surface area contributed by atoms with Crippen LogP contribution < -0.4 is 10.6 Å². The first-order valence-corrected chi connectivity index (χ1v) is 6.51. The number of thiazole rings is 1. The maximum absolute atomic E-state index is 11.6. The quantitative estimate of drug-likeness (QED) is 0.620. The molecule has 2 aromatic rings. The maximum Gasteiger partial charge on any atom is 0.307 e. The molecule has 0 aliphatic rings. The van der Waals surface area contributed by atoms with Crippen LogP contribution in [0.25, 0.3) is 0 Å². The van der Waals surface area contributed by atoms with Gasteiger partial charge < -0.3 is 15.1 Å². The third-order valence-electron chi connectivity index (χ3n) is 2.30. The minimum atomic E-state index is -0.537. The van der Waals surface area contributed by atoms with Gasteiger partial charge in [0.25, 0.3) is 0 Å². The molecule has 0 aromatic carbocycles. The van der Waals surface area contributed by atoms with Gasteiger partial charge in [0.15, 0.2) is 11.4 Å². The van der Waals surface area contributed by atoms with Crippen LogP contribution in [0.15, 0.2) is 22.9 Å². The van der Waals surface area contributed by atoms with Gasteiger partial charge in [-0.15, -0.1) is 11.3 Å². The summed E-state index contributed by atoms with van der Waals surface area (Å²) in [4.78, 5) is 26.5. The van der Waals surface area contributed by atoms with Crippen molar-refractivity contribution in [2.45, 2.75) is 13.5 Å². The predicted octanol–water partition coefficient (Wildman–Crippen LogP) is 1.68. The molecular formula is C11H12N4O4S. The lowest BCUT2D eigenvalue weighted by atomic mass is 10.4. The molecule has 9 heteroatoms. The number of rotatable bonds is 6. The summed E-state index contributed by atoms with van der Waals surface area (Å²) >= 11 is 1.39. The first-order valence-electron chi connectivity index (χ1n) is 5.69. The number of carbonyl (C=O) groups is 1. The summed E-state index contributed by atoms with van der Waals surface area (Å²) in [5.74, 6) is 0.162. The van der Waals surface area contributed by atoms with E-state index in [-0.39, 0.29) is 24.7 Å². The standard InChI is InChI=1S/C11H12N4O4S/c1-7-3-13-11(20-7)14-10(16)5-12-4-9-2-8(6-19-9)15(17)18/h2-3,6,12H,4-5H2,1H3,(H,13,14,16). The molecule has 0 unspecified atom stereocenters. The third-order valence-corrected chi connectivity index (χ3v) is 3.13. The fourth-order valence-corrected chi connectivity index (χ4v) is 2.11. The summed E-state index contributed by atoms with van der Waals surface area (Å²) < 4.78 is 4.98. The van der Waals surface area contributed by atoms with Crippen molar-refractivity contribution >= 4 is 28.1 Å². The van der Waals surface area contributed by atoms with E-state index in [4.69, 9.17) is 4.42 Å². The Hall–Kier alpha value is -2.26. The number of furan rings is 1. The smallest absolute Gasteiger partial charge is 0.307 e. The largest absolute Gasteiger partial charge is 0.461 e. The van der Waals surface area contributed by atoms with Crippen molar-refractivity contribution in [2.75, 3.05) is 11.9 Å². The van der Waals surface area contributed by atoms with Crippen LogP contribution >= 0.6 is 11.3 Å². The number of aryl methyl sites for hydroxylation is 1. The van der Waals surface area contributed by atoms with Crippen molar-refractivity contribution in [3.8, 4) is 0 Å². The molecule has 2 aromatic heterocycles. The van der Waals surface area contributed by atoms with Crippen LogP contribution in [0.5, 0.6) is 0 Å². The van der Waals surface area contributed by atoms with Crippen LogP contribution in [-0.2, 0) is 11.3 Å². The number of nitro groups is 1. The van der Waals surface area contributed by atoms with Crippen molar-refractivity contribution in [2.24, 2.45) is 0 Å². The lowest BCUT2D eigenvalue weighted by Crippen LogP contribution is -2.27. The lowest BCUT2D eigenvalue weighted by Gasteiger charge is -2.02. The van der Waals surface area contributed by atoms with E-state index in [1.165, 1.54) is 17.4 Å². The molecule has 1 amide bonds. The van der Waals surface area contributed by atoms with Crippen molar-refractivity contribution in [3.63, 3.8) is 0 Å². The minimum absolute atomic E-state index is 0.0626. The van der Waals surface area contributed by atoms with Gasteiger partial charge in [-0.3, -0.25) is 14.9 Å². The first-order chi connectivity index (χ1) is 9.54. The molecule has 2 rings (SSSR count). The van der Waals surface area contributed by atoms with Crippen LogP contribution in [-0.4, -0.2) is 22.4 Å². The topological polar surface area (TPSA) is 110 Å². The van der Waals surface area contributed by atoms with Crippen LogP contribution in [0, 0.1) is 17.0 Å². The Morgan fingerprint density at radius 2 is 2.40 bits per heavy atom. The van der Waals surface area contributed by atoms with Gasteiger partial charge in [0.1, 0.15) is 5.76 Å². The number of hydrogen-bond donors (Lipinski definition) is 2. The number of nitrogens with one attached hydrogen (secondary N) is 2. The number of amides is 1. The van der Waals surface area contributed by atoms with E-state index in [0.717, 1.165) is 11.1 Å². The minimum Gasteiger partial charge on any atom is -0.461 e. The van der Waals surface area contributed by atoms with Gasteiger partial charge in [0.05, 0.1) is 24.1 Å². The maximum atomic E-state index is 11.6. The second-order valence-electron chi connectivity index (χ2n) is 3.96. The number of aromatic nitrogens is 1. The highest BCUT2D eigenvalue weighted by Crippen LogP contribution is 2.16. The number of nitrogens with zero attached hydrogens (tertiary/aromatic N) is 2. The Labute approximate surface area is 118 Å². The molecular weight excluding hydrogens is 284 g/mol. The normalized spacial score (nSPS) is 10.4. The number of carbonyl (C=O) groups excluding carboxylic acids is 1. The second kappa shape index (κ2) is 6.26. The van der Waals surface area contributed by atoms with E-state index in [2.05, 4.69) is 15.6 Å². The molecule has 2 heterocycles. The molecule has 20 heavy (non-hydrogen) atoms. The lowest BCUT2D eigenvalue weighted by molar-refractivity contribution is -0.385. The zero-order valence-corrected chi connectivity index (χ0v) is 11.4. The Morgan fingerprint density at radius 1 is 1.60 bits per heavy atom. The Balaban J connectivity index is 1.74.